The number of hydrogen-bond acceptors (Lipinski definition) is 5. The summed E-state index contributed by atoms with van der Waals surface area (Å²) < 4.78 is 1.85. The average molecular weight is 347 g/mol. The highest BCUT2D eigenvalue weighted by atomic mass is 32.1. The van der Waals surface area contributed by atoms with Gasteiger partial charge in [-0.05, 0) is 19.8 Å². The van der Waals surface area contributed by atoms with E-state index in [2.05, 4.69) is 43.7 Å². The molecule has 0 saturated carbocycles. The molecule has 7 nitrogen and oxygen atoms in total. The molecule has 1 unspecified atom stereocenters. The van der Waals surface area contributed by atoms with Crippen molar-refractivity contribution >= 4 is 23.0 Å². The van der Waals surface area contributed by atoms with Gasteiger partial charge in [0, 0.05) is 50.5 Å². The Morgan fingerprint density at radius 2 is 2.33 bits per heavy atom. The molecule has 0 aromatic carbocycles. The summed E-state index contributed by atoms with van der Waals surface area (Å²) in [6.45, 7) is 4.82. The smallest absolute Gasteiger partial charge is 0.191 e. The maximum atomic E-state index is 4.38. The number of aliphatic imine (C=N–C) groups is 1. The first kappa shape index (κ1) is 16.8. The normalized spacial score (nSPS) is 18.7. The molecule has 0 radical (unpaired) electrons. The molecule has 2 N–H and O–H groups in total. The van der Waals surface area contributed by atoms with Gasteiger partial charge in [-0.3, -0.25) is 9.67 Å². The summed E-state index contributed by atoms with van der Waals surface area (Å²) in [6, 6.07) is 0.378. The minimum Gasteiger partial charge on any atom is -0.367 e. The summed E-state index contributed by atoms with van der Waals surface area (Å²) in [5, 5.41) is 12.2. The van der Waals surface area contributed by atoms with E-state index in [9.17, 15) is 0 Å². The van der Waals surface area contributed by atoms with E-state index in [1.54, 1.807) is 11.3 Å². The lowest BCUT2D eigenvalue weighted by Crippen LogP contribution is -2.51. The van der Waals surface area contributed by atoms with Gasteiger partial charge in [0.25, 0.3) is 0 Å². The van der Waals surface area contributed by atoms with Crippen LogP contribution >= 0.6 is 11.3 Å². The van der Waals surface area contributed by atoms with Crippen LogP contribution in [0.15, 0.2) is 23.6 Å². The van der Waals surface area contributed by atoms with Crippen molar-refractivity contribution in [1.82, 2.24) is 25.4 Å². The molecule has 0 amide bonds. The van der Waals surface area contributed by atoms with Crippen LogP contribution in [-0.4, -0.2) is 46.9 Å². The van der Waals surface area contributed by atoms with Crippen molar-refractivity contribution in [3.8, 4) is 0 Å². The lowest BCUT2D eigenvalue weighted by Gasteiger charge is -2.34. The SMILES string of the molecule is CN=C(NCc1ncc(C)s1)NC1CCCN(c2cnn(C)c2)C1. The number of thiazole rings is 1. The number of guanidine groups is 1. The van der Waals surface area contributed by atoms with Crippen LogP contribution in [0.3, 0.4) is 0 Å². The number of hydrogen-bond donors (Lipinski definition) is 2. The molecule has 1 aliphatic heterocycles. The second-order valence-electron chi connectivity index (χ2n) is 6.09. The zero-order chi connectivity index (χ0) is 16.9. The number of rotatable bonds is 4. The first-order valence-electron chi connectivity index (χ1n) is 8.26. The van der Waals surface area contributed by atoms with Gasteiger partial charge in [-0.15, -0.1) is 11.3 Å². The van der Waals surface area contributed by atoms with Gasteiger partial charge in [-0.25, -0.2) is 4.98 Å². The molecule has 0 bridgehead atoms. The fraction of sp³-hybridized carbons (Fsp3) is 0.562. The van der Waals surface area contributed by atoms with Gasteiger partial charge in [0.1, 0.15) is 5.01 Å². The van der Waals surface area contributed by atoms with E-state index < -0.39 is 0 Å². The van der Waals surface area contributed by atoms with Crippen LogP contribution in [0.4, 0.5) is 5.69 Å². The second kappa shape index (κ2) is 7.65. The van der Waals surface area contributed by atoms with Crippen molar-refractivity contribution in [2.24, 2.45) is 12.0 Å². The Morgan fingerprint density at radius 3 is 3.00 bits per heavy atom. The molecule has 1 fully saturated rings. The average Bonchev–Trinajstić information content (AvgIpc) is 3.20. The predicted molar refractivity (Wildman–Crippen MR) is 98.6 cm³/mol. The zero-order valence-corrected chi connectivity index (χ0v) is 15.3. The number of aryl methyl sites for hydroxylation is 2. The van der Waals surface area contributed by atoms with Crippen molar-refractivity contribution in [3.63, 3.8) is 0 Å². The van der Waals surface area contributed by atoms with Crippen LogP contribution in [0.25, 0.3) is 0 Å². The van der Waals surface area contributed by atoms with E-state index in [0.717, 1.165) is 36.9 Å². The molecule has 0 spiro atoms. The van der Waals surface area contributed by atoms with E-state index in [0.29, 0.717) is 12.6 Å². The third-order valence-corrected chi connectivity index (χ3v) is 5.03. The monoisotopic (exact) mass is 347 g/mol. The molecule has 3 heterocycles. The largest absolute Gasteiger partial charge is 0.367 e. The predicted octanol–water partition coefficient (Wildman–Crippen LogP) is 1.52. The van der Waals surface area contributed by atoms with Crippen molar-refractivity contribution in [3.05, 3.63) is 28.5 Å². The number of aromatic nitrogens is 3. The summed E-state index contributed by atoms with van der Waals surface area (Å²) in [5.41, 5.74) is 1.19. The van der Waals surface area contributed by atoms with E-state index in [1.165, 1.54) is 10.6 Å². The summed E-state index contributed by atoms with van der Waals surface area (Å²) in [5.74, 6) is 0.834. The minimum atomic E-state index is 0.378. The van der Waals surface area contributed by atoms with Gasteiger partial charge in [0.05, 0.1) is 18.4 Å². The van der Waals surface area contributed by atoms with E-state index in [-0.39, 0.29) is 0 Å². The van der Waals surface area contributed by atoms with Gasteiger partial charge < -0.3 is 15.5 Å². The molecular weight excluding hydrogens is 322 g/mol. The summed E-state index contributed by atoms with van der Waals surface area (Å²) in [6.07, 6.45) is 8.22. The van der Waals surface area contributed by atoms with Gasteiger partial charge in [-0.1, -0.05) is 0 Å². The van der Waals surface area contributed by atoms with Crippen LogP contribution < -0.4 is 15.5 Å². The molecular formula is C16H25N7S. The summed E-state index contributed by atoms with van der Waals surface area (Å²) in [7, 11) is 3.76. The van der Waals surface area contributed by atoms with Crippen LogP contribution in [-0.2, 0) is 13.6 Å². The van der Waals surface area contributed by atoms with Crippen molar-refractivity contribution in [2.45, 2.75) is 32.4 Å². The Kier molecular flexibility index (Phi) is 5.34. The molecule has 130 valence electrons. The lowest BCUT2D eigenvalue weighted by atomic mass is 10.1. The molecule has 1 saturated heterocycles. The fourth-order valence-corrected chi connectivity index (χ4v) is 3.66. The van der Waals surface area contributed by atoms with E-state index in [1.807, 2.05) is 31.2 Å². The van der Waals surface area contributed by atoms with Gasteiger partial charge in [0.2, 0.25) is 0 Å². The van der Waals surface area contributed by atoms with Crippen molar-refractivity contribution in [1.29, 1.82) is 0 Å². The number of nitrogens with zero attached hydrogens (tertiary/aromatic N) is 5. The molecule has 8 heteroatoms. The molecule has 24 heavy (non-hydrogen) atoms. The number of nitrogens with one attached hydrogen (secondary N) is 2. The molecule has 1 atom stereocenters. The fourth-order valence-electron chi connectivity index (χ4n) is 2.93. The quantitative estimate of drug-likeness (QED) is 0.648. The Morgan fingerprint density at radius 1 is 1.46 bits per heavy atom. The first-order chi connectivity index (χ1) is 11.6. The summed E-state index contributed by atoms with van der Waals surface area (Å²) >= 11 is 1.71. The highest BCUT2D eigenvalue weighted by molar-refractivity contribution is 7.11. The zero-order valence-electron chi connectivity index (χ0n) is 14.5. The third-order valence-electron chi connectivity index (χ3n) is 4.12. The molecule has 1 aliphatic rings. The second-order valence-corrected chi connectivity index (χ2v) is 7.41. The Labute approximate surface area is 146 Å². The maximum absolute atomic E-state index is 4.38. The van der Waals surface area contributed by atoms with E-state index >= 15 is 0 Å². The van der Waals surface area contributed by atoms with Gasteiger partial charge in [0.15, 0.2) is 5.96 Å². The standard InChI is InChI=1S/C16H25N7S/c1-12-7-18-15(24-12)9-19-16(17-2)21-13-5-4-6-23(10-13)14-8-20-22(3)11-14/h7-8,11,13H,4-6,9-10H2,1-3H3,(H2,17,19,21). The van der Waals surface area contributed by atoms with Crippen molar-refractivity contribution in [2.75, 3.05) is 25.0 Å². The molecule has 3 rings (SSSR count). The van der Waals surface area contributed by atoms with Crippen LogP contribution in [0.5, 0.6) is 0 Å². The summed E-state index contributed by atoms with van der Waals surface area (Å²) in [4.78, 5) is 12.3. The molecule has 2 aromatic rings. The molecule has 0 aliphatic carbocycles. The number of piperidine rings is 1. The van der Waals surface area contributed by atoms with Crippen LogP contribution in [0.1, 0.15) is 22.7 Å². The van der Waals surface area contributed by atoms with E-state index in [4.69, 9.17) is 0 Å². The maximum Gasteiger partial charge on any atom is 0.191 e. The third kappa shape index (κ3) is 4.25. The highest BCUT2D eigenvalue weighted by Crippen LogP contribution is 2.19. The Bertz CT molecular complexity index is 690. The first-order valence-corrected chi connectivity index (χ1v) is 9.08. The van der Waals surface area contributed by atoms with Gasteiger partial charge >= 0.3 is 0 Å². The number of anilines is 1. The van der Waals surface area contributed by atoms with Crippen LogP contribution in [0, 0.1) is 6.92 Å². The lowest BCUT2D eigenvalue weighted by molar-refractivity contribution is 0.468. The Hall–Kier alpha value is -2.09. The van der Waals surface area contributed by atoms with Crippen LogP contribution in [0.2, 0.25) is 0 Å². The highest BCUT2D eigenvalue weighted by Gasteiger charge is 2.21. The van der Waals surface area contributed by atoms with Crippen molar-refractivity contribution < 1.29 is 0 Å². The molecule has 2 aromatic heterocycles. The Balaban J connectivity index is 1.53. The minimum absolute atomic E-state index is 0.378. The topological polar surface area (TPSA) is 70.4 Å². The van der Waals surface area contributed by atoms with Gasteiger partial charge in [-0.2, -0.15) is 5.10 Å².